The number of ether oxygens (including phenoxy) is 1. The number of nitrogens with zero attached hydrogens (tertiary/aromatic N) is 3. The molecule has 3 aromatic rings. The molecule has 0 aliphatic carbocycles. The van der Waals surface area contributed by atoms with Gasteiger partial charge in [0.2, 0.25) is 0 Å². The van der Waals surface area contributed by atoms with Crippen molar-refractivity contribution in [2.24, 2.45) is 0 Å². The highest BCUT2D eigenvalue weighted by Crippen LogP contribution is 2.25. The van der Waals surface area contributed by atoms with Crippen LogP contribution in [0.5, 0.6) is 0 Å². The quantitative estimate of drug-likeness (QED) is 0.518. The van der Waals surface area contributed by atoms with Crippen LogP contribution in [0, 0.1) is 0 Å². The molecule has 2 heterocycles. The van der Waals surface area contributed by atoms with Gasteiger partial charge in [-0.1, -0.05) is 12.1 Å². The van der Waals surface area contributed by atoms with Gasteiger partial charge in [-0.2, -0.15) is 13.2 Å². The first-order chi connectivity index (χ1) is 14.5. The Morgan fingerprint density at radius 3 is 2.52 bits per heavy atom. The average molecular weight is 437 g/mol. The normalized spacial score (nSPS) is 12.6. The Morgan fingerprint density at radius 1 is 1.32 bits per heavy atom. The zero-order valence-electron chi connectivity index (χ0n) is 16.4. The molecule has 0 fully saturated rings. The molecule has 2 aromatic heterocycles. The molecule has 0 saturated heterocycles. The van der Waals surface area contributed by atoms with Crippen LogP contribution in [0.2, 0.25) is 0 Å². The lowest BCUT2D eigenvalue weighted by Gasteiger charge is -2.16. The van der Waals surface area contributed by atoms with Crippen LogP contribution in [-0.2, 0) is 4.74 Å². The third-order valence-electron chi connectivity index (χ3n) is 4.40. The number of rotatable bonds is 5. The summed E-state index contributed by atoms with van der Waals surface area (Å²) < 4.78 is 43.3. The second kappa shape index (κ2) is 8.22. The number of carbonyl (C=O) groups is 1. The number of aliphatic hydroxyl groups excluding tert-OH is 1. The van der Waals surface area contributed by atoms with Gasteiger partial charge in [-0.25, -0.2) is 14.8 Å². The standard InChI is InChI=1S/C19H18F3N5O4/c1-9(28)10-3-5-11(6-4-10)27-16-15(14(23)13(17(27)29)18(30)31-2)24-7-12(26-16)25-8-19(20,21)22/h3-7,9,28H,8,23H2,1-2H3,(H,25,26)/t9-/m1/s1. The van der Waals surface area contributed by atoms with Gasteiger partial charge in [0, 0.05) is 0 Å². The molecule has 0 spiro atoms. The van der Waals surface area contributed by atoms with Crippen molar-refractivity contribution in [3.8, 4) is 5.69 Å². The van der Waals surface area contributed by atoms with E-state index in [0.717, 1.165) is 17.9 Å². The lowest BCUT2D eigenvalue weighted by Crippen LogP contribution is -2.29. The van der Waals surface area contributed by atoms with E-state index >= 15 is 0 Å². The van der Waals surface area contributed by atoms with Crippen molar-refractivity contribution in [2.75, 3.05) is 24.7 Å². The molecule has 4 N–H and O–H groups in total. The Bertz CT molecular complexity index is 1190. The number of alkyl halides is 3. The van der Waals surface area contributed by atoms with Crippen LogP contribution in [-0.4, -0.2) is 45.4 Å². The van der Waals surface area contributed by atoms with Gasteiger partial charge in [-0.15, -0.1) is 0 Å². The number of pyridine rings is 1. The Morgan fingerprint density at radius 2 is 1.97 bits per heavy atom. The Hall–Kier alpha value is -3.67. The third kappa shape index (κ3) is 4.43. The molecule has 0 aliphatic heterocycles. The predicted octanol–water partition coefficient (Wildman–Crippen LogP) is 2.18. The van der Waals surface area contributed by atoms with Gasteiger partial charge in [0.1, 0.15) is 17.9 Å². The molecule has 0 aliphatic rings. The summed E-state index contributed by atoms with van der Waals surface area (Å²) in [6, 6.07) is 6.06. The number of fused-ring (bicyclic) bond motifs is 1. The Labute approximate surface area is 173 Å². The summed E-state index contributed by atoms with van der Waals surface area (Å²) in [6.45, 7) is 0.190. The van der Waals surface area contributed by atoms with Crippen molar-refractivity contribution in [1.82, 2.24) is 14.5 Å². The second-order valence-electron chi connectivity index (χ2n) is 6.58. The molecule has 0 radical (unpaired) electrons. The van der Waals surface area contributed by atoms with Crippen LogP contribution in [0.1, 0.15) is 28.9 Å². The molecule has 0 bridgehead atoms. The lowest BCUT2D eigenvalue weighted by atomic mass is 10.1. The van der Waals surface area contributed by atoms with Gasteiger partial charge >= 0.3 is 12.1 Å². The van der Waals surface area contributed by atoms with Crippen molar-refractivity contribution < 1.29 is 27.8 Å². The molecule has 1 atom stereocenters. The zero-order chi connectivity index (χ0) is 22.9. The number of hydrogen-bond acceptors (Lipinski definition) is 8. The van der Waals surface area contributed by atoms with Crippen molar-refractivity contribution in [2.45, 2.75) is 19.2 Å². The molecule has 0 saturated carbocycles. The number of nitrogen functional groups attached to an aromatic ring is 1. The third-order valence-corrected chi connectivity index (χ3v) is 4.40. The molecular formula is C19H18F3N5O4. The Balaban J connectivity index is 2.29. The average Bonchev–Trinajstić information content (AvgIpc) is 2.71. The number of hydrogen-bond donors (Lipinski definition) is 3. The number of carbonyl (C=O) groups excluding carboxylic acids is 1. The predicted molar refractivity (Wildman–Crippen MR) is 106 cm³/mol. The first kappa shape index (κ1) is 22.0. The van der Waals surface area contributed by atoms with Gasteiger partial charge in [0.25, 0.3) is 5.56 Å². The topological polar surface area (TPSA) is 132 Å². The fourth-order valence-electron chi connectivity index (χ4n) is 2.88. The number of nitrogens with one attached hydrogen (secondary N) is 1. The fraction of sp³-hybridized carbons (Fsp3) is 0.263. The van der Waals surface area contributed by atoms with Crippen LogP contribution in [0.4, 0.5) is 24.7 Å². The minimum atomic E-state index is -4.50. The van der Waals surface area contributed by atoms with Gasteiger partial charge in [0.05, 0.1) is 30.8 Å². The van der Waals surface area contributed by atoms with Crippen LogP contribution in [0.3, 0.4) is 0 Å². The zero-order valence-corrected chi connectivity index (χ0v) is 16.4. The number of anilines is 2. The number of aliphatic hydroxyl groups is 1. The number of benzene rings is 1. The summed E-state index contributed by atoms with van der Waals surface area (Å²) in [5.41, 5.74) is 4.83. The summed E-state index contributed by atoms with van der Waals surface area (Å²) in [6.07, 6.45) is -4.25. The largest absolute Gasteiger partial charge is 0.465 e. The summed E-state index contributed by atoms with van der Waals surface area (Å²) in [4.78, 5) is 33.4. The number of aromatic nitrogens is 3. The highest BCUT2D eigenvalue weighted by Gasteiger charge is 2.28. The Kier molecular flexibility index (Phi) is 5.84. The molecular weight excluding hydrogens is 419 g/mol. The van der Waals surface area contributed by atoms with E-state index in [1.54, 1.807) is 19.1 Å². The van der Waals surface area contributed by atoms with E-state index in [1.807, 2.05) is 0 Å². The van der Waals surface area contributed by atoms with Crippen LogP contribution >= 0.6 is 0 Å². The molecule has 1 aromatic carbocycles. The first-order valence-electron chi connectivity index (χ1n) is 8.92. The first-order valence-corrected chi connectivity index (χ1v) is 8.92. The molecule has 164 valence electrons. The van der Waals surface area contributed by atoms with E-state index in [2.05, 4.69) is 20.0 Å². The van der Waals surface area contributed by atoms with E-state index in [9.17, 15) is 27.9 Å². The molecule has 3 rings (SSSR count). The number of nitrogens with two attached hydrogens (primary N) is 1. The molecule has 0 unspecified atom stereocenters. The highest BCUT2D eigenvalue weighted by molar-refractivity contribution is 6.02. The van der Waals surface area contributed by atoms with Crippen molar-refractivity contribution in [3.63, 3.8) is 0 Å². The highest BCUT2D eigenvalue weighted by atomic mass is 19.4. The van der Waals surface area contributed by atoms with E-state index in [-0.39, 0.29) is 28.4 Å². The van der Waals surface area contributed by atoms with Crippen molar-refractivity contribution in [3.05, 3.63) is 51.9 Å². The van der Waals surface area contributed by atoms with Gasteiger partial charge in [0.15, 0.2) is 11.2 Å². The summed E-state index contributed by atoms with van der Waals surface area (Å²) in [7, 11) is 1.07. The minimum Gasteiger partial charge on any atom is -0.465 e. The SMILES string of the molecule is COC(=O)c1c(N)c2ncc(NCC(F)(F)F)nc2n(-c2ccc([C@@H](C)O)cc2)c1=O. The summed E-state index contributed by atoms with van der Waals surface area (Å²) in [5, 5.41) is 11.8. The van der Waals surface area contributed by atoms with Gasteiger partial charge in [-0.3, -0.25) is 9.36 Å². The monoisotopic (exact) mass is 437 g/mol. The maximum absolute atomic E-state index is 13.1. The van der Waals surface area contributed by atoms with Crippen LogP contribution < -0.4 is 16.6 Å². The van der Waals surface area contributed by atoms with E-state index in [4.69, 9.17) is 5.73 Å². The van der Waals surface area contributed by atoms with E-state index in [0.29, 0.717) is 5.56 Å². The van der Waals surface area contributed by atoms with Crippen molar-refractivity contribution >= 4 is 28.6 Å². The van der Waals surface area contributed by atoms with Gasteiger partial charge < -0.3 is 20.9 Å². The summed E-state index contributed by atoms with van der Waals surface area (Å²) in [5.74, 6) is -1.25. The lowest BCUT2D eigenvalue weighted by molar-refractivity contribution is -0.115. The number of halogens is 3. The van der Waals surface area contributed by atoms with Gasteiger partial charge in [-0.05, 0) is 24.6 Å². The maximum atomic E-state index is 13.1. The van der Waals surface area contributed by atoms with E-state index in [1.165, 1.54) is 12.1 Å². The van der Waals surface area contributed by atoms with Crippen LogP contribution in [0.15, 0.2) is 35.3 Å². The molecule has 12 heteroatoms. The molecule has 9 nitrogen and oxygen atoms in total. The molecule has 0 amide bonds. The second-order valence-corrected chi connectivity index (χ2v) is 6.58. The number of esters is 1. The van der Waals surface area contributed by atoms with Crippen molar-refractivity contribution in [1.29, 1.82) is 0 Å². The smallest absolute Gasteiger partial charge is 0.405 e. The fourth-order valence-corrected chi connectivity index (χ4v) is 2.88. The van der Waals surface area contributed by atoms with E-state index < -0.39 is 35.9 Å². The minimum absolute atomic E-state index is 0.0721. The molecule has 31 heavy (non-hydrogen) atoms. The number of methoxy groups -OCH3 is 1. The summed E-state index contributed by atoms with van der Waals surface area (Å²) >= 11 is 0. The van der Waals surface area contributed by atoms with Crippen LogP contribution in [0.25, 0.3) is 16.9 Å². The maximum Gasteiger partial charge on any atom is 0.405 e.